The molecule has 2 saturated heterocycles. The third-order valence-corrected chi connectivity index (χ3v) is 8.80. The van der Waals surface area contributed by atoms with Crippen LogP contribution in [-0.2, 0) is 16.1 Å². The van der Waals surface area contributed by atoms with E-state index < -0.39 is 17.4 Å². The van der Waals surface area contributed by atoms with Crippen LogP contribution >= 0.6 is 12.4 Å². The summed E-state index contributed by atoms with van der Waals surface area (Å²) >= 11 is 0. The van der Waals surface area contributed by atoms with Crippen LogP contribution in [0.1, 0.15) is 62.1 Å². The Morgan fingerprint density at radius 3 is 2.29 bits per heavy atom. The van der Waals surface area contributed by atoms with E-state index in [4.69, 9.17) is 4.74 Å². The highest BCUT2D eigenvalue weighted by atomic mass is 35.5. The number of rotatable bonds is 9. The van der Waals surface area contributed by atoms with Crippen molar-refractivity contribution in [3.8, 4) is 5.75 Å². The first-order valence-electron chi connectivity index (χ1n) is 14.4. The van der Waals surface area contributed by atoms with Gasteiger partial charge in [0.25, 0.3) is 5.91 Å². The number of imide groups is 1. The number of nitrogens with zero attached hydrogens (tertiary/aromatic N) is 2. The number of methoxy groups -OCH3 is 1. The van der Waals surface area contributed by atoms with Crippen molar-refractivity contribution in [3.63, 3.8) is 0 Å². The first kappa shape index (κ1) is 31.7. The molecule has 8 nitrogen and oxygen atoms in total. The van der Waals surface area contributed by atoms with Gasteiger partial charge in [-0.25, -0.2) is 13.6 Å². The Bertz CT molecular complexity index is 1230. The van der Waals surface area contributed by atoms with E-state index in [9.17, 15) is 23.2 Å². The van der Waals surface area contributed by atoms with Gasteiger partial charge in [-0.2, -0.15) is 0 Å². The molecule has 1 atom stereocenters. The first-order valence-corrected chi connectivity index (χ1v) is 14.4. The summed E-state index contributed by atoms with van der Waals surface area (Å²) in [5.41, 5.74) is 0.929. The van der Waals surface area contributed by atoms with Gasteiger partial charge in [0, 0.05) is 38.4 Å². The lowest BCUT2D eigenvalue weighted by atomic mass is 9.85. The molecule has 1 aliphatic carbocycles. The van der Waals surface area contributed by atoms with Gasteiger partial charge >= 0.3 is 6.03 Å². The topological polar surface area (TPSA) is 91.0 Å². The summed E-state index contributed by atoms with van der Waals surface area (Å²) in [6, 6.07) is 16.4. The number of likely N-dealkylation sites (tertiary alicyclic amines) is 1. The van der Waals surface area contributed by atoms with Gasteiger partial charge < -0.3 is 20.3 Å². The zero-order chi connectivity index (χ0) is 29.0. The number of benzene rings is 2. The second-order valence-electron chi connectivity index (χ2n) is 11.5. The molecule has 3 fully saturated rings. The third kappa shape index (κ3) is 7.21. The summed E-state index contributed by atoms with van der Waals surface area (Å²) in [7, 11) is 1.59. The average Bonchev–Trinajstić information content (AvgIpc) is 3.20. The van der Waals surface area contributed by atoms with Crippen molar-refractivity contribution < 1.29 is 27.9 Å². The highest BCUT2D eigenvalue weighted by Gasteiger charge is 2.52. The molecule has 1 spiro atoms. The highest BCUT2D eigenvalue weighted by molar-refractivity contribution is 6.07. The monoisotopic (exact) mass is 604 g/mol. The Balaban J connectivity index is 0.00000405. The normalized spacial score (nSPS) is 21.0. The summed E-state index contributed by atoms with van der Waals surface area (Å²) in [4.78, 5) is 42.7. The first-order chi connectivity index (χ1) is 19.7. The van der Waals surface area contributed by atoms with Crippen molar-refractivity contribution in [2.75, 3.05) is 26.7 Å². The van der Waals surface area contributed by atoms with E-state index in [2.05, 4.69) is 15.5 Å². The molecule has 228 valence electrons. The number of hydrogen-bond acceptors (Lipinski definition) is 5. The molecule has 42 heavy (non-hydrogen) atoms. The van der Waals surface area contributed by atoms with Gasteiger partial charge in [-0.3, -0.25) is 14.5 Å². The van der Waals surface area contributed by atoms with E-state index in [0.717, 1.165) is 11.1 Å². The molecule has 2 N–H and O–H groups in total. The summed E-state index contributed by atoms with van der Waals surface area (Å²) in [5, 5.41) is 6.10. The Morgan fingerprint density at radius 2 is 1.67 bits per heavy atom. The summed E-state index contributed by atoms with van der Waals surface area (Å²) in [6.45, 7) is 2.17. The minimum atomic E-state index is -2.67. The standard InChI is InChI=1S/C31H38F2N4O4.ClH/c1-41-25-9-7-22(8-10-25)21-37-28(39)30(35-29(37)40)16-19-36(20-17-30)18-13-26(23-5-3-2-4-6-23)34-27(38)24-11-14-31(32,33)15-12-24;/h2-10,24,26H,11-21H2,1H3,(H,34,38)(H,35,40);1H/t26-;/m0./s1. The lowest BCUT2D eigenvalue weighted by Gasteiger charge is -2.38. The molecule has 1 saturated carbocycles. The van der Waals surface area contributed by atoms with Crippen LogP contribution in [0.2, 0.25) is 0 Å². The van der Waals surface area contributed by atoms with Crippen molar-refractivity contribution in [1.29, 1.82) is 0 Å². The van der Waals surface area contributed by atoms with Crippen molar-refractivity contribution in [2.45, 2.75) is 69.0 Å². The van der Waals surface area contributed by atoms with Gasteiger partial charge in [0.1, 0.15) is 11.3 Å². The molecule has 0 aromatic heterocycles. The Labute approximate surface area is 251 Å². The molecule has 3 aliphatic rings. The highest BCUT2D eigenvalue weighted by Crippen LogP contribution is 2.37. The number of ether oxygens (including phenoxy) is 1. The largest absolute Gasteiger partial charge is 0.497 e. The van der Waals surface area contributed by atoms with Crippen LogP contribution in [0.5, 0.6) is 5.75 Å². The molecular formula is C31H39ClF2N4O4. The molecule has 0 unspecified atom stereocenters. The predicted molar refractivity (Wildman–Crippen MR) is 157 cm³/mol. The Kier molecular flexibility index (Phi) is 10.1. The lowest BCUT2D eigenvalue weighted by molar-refractivity contribution is -0.133. The molecule has 5 rings (SSSR count). The Hall–Kier alpha value is -3.24. The second kappa shape index (κ2) is 13.4. The van der Waals surface area contributed by atoms with E-state index >= 15 is 0 Å². The molecular weight excluding hydrogens is 566 g/mol. The Morgan fingerprint density at radius 1 is 1.02 bits per heavy atom. The van der Waals surface area contributed by atoms with Crippen LogP contribution in [0.4, 0.5) is 13.6 Å². The molecule has 2 aromatic carbocycles. The molecule has 2 heterocycles. The van der Waals surface area contributed by atoms with Gasteiger partial charge in [0.15, 0.2) is 0 Å². The van der Waals surface area contributed by atoms with Gasteiger partial charge in [-0.15, -0.1) is 12.4 Å². The molecule has 11 heteroatoms. The van der Waals surface area contributed by atoms with Crippen molar-refractivity contribution in [1.82, 2.24) is 20.4 Å². The van der Waals surface area contributed by atoms with Gasteiger partial charge in [0.2, 0.25) is 11.8 Å². The fourth-order valence-corrected chi connectivity index (χ4v) is 6.14. The quantitative estimate of drug-likeness (QED) is 0.390. The minimum Gasteiger partial charge on any atom is -0.497 e. The van der Waals surface area contributed by atoms with Crippen LogP contribution in [-0.4, -0.2) is 65.9 Å². The molecule has 2 aromatic rings. The smallest absolute Gasteiger partial charge is 0.325 e. The number of hydrogen-bond donors (Lipinski definition) is 2. The number of halogens is 3. The molecule has 4 amide bonds. The van der Waals surface area contributed by atoms with Gasteiger partial charge in [-0.1, -0.05) is 42.5 Å². The summed E-state index contributed by atoms with van der Waals surface area (Å²) in [5.74, 6) is -2.71. The SMILES string of the molecule is COc1ccc(CN2C(=O)NC3(CCN(CC[C@H](NC(=O)C4CCC(F)(F)CC4)c4ccccc4)CC3)C2=O)cc1.Cl. The predicted octanol–water partition coefficient (Wildman–Crippen LogP) is 5.08. The maximum atomic E-state index is 13.6. The summed E-state index contributed by atoms with van der Waals surface area (Å²) < 4.78 is 32.4. The fraction of sp³-hybridized carbons (Fsp3) is 0.516. The number of alkyl halides is 2. The number of carbonyl (C=O) groups is 3. The van der Waals surface area contributed by atoms with Gasteiger partial charge in [-0.05, 0) is 55.4 Å². The zero-order valence-electron chi connectivity index (χ0n) is 23.8. The van der Waals surface area contributed by atoms with E-state index in [0.29, 0.717) is 44.6 Å². The van der Waals surface area contributed by atoms with Crippen molar-refractivity contribution in [3.05, 3.63) is 65.7 Å². The maximum Gasteiger partial charge on any atom is 0.325 e. The lowest BCUT2D eigenvalue weighted by Crippen LogP contribution is -2.55. The second-order valence-corrected chi connectivity index (χ2v) is 11.5. The third-order valence-electron chi connectivity index (χ3n) is 8.80. The van der Waals surface area contributed by atoms with Crippen molar-refractivity contribution >= 4 is 30.3 Å². The van der Waals surface area contributed by atoms with Crippen molar-refractivity contribution in [2.24, 2.45) is 5.92 Å². The number of nitrogens with one attached hydrogen (secondary N) is 2. The molecule has 0 radical (unpaired) electrons. The van der Waals surface area contributed by atoms with Crippen LogP contribution in [0.25, 0.3) is 0 Å². The van der Waals surface area contributed by atoms with E-state index in [1.165, 1.54) is 4.90 Å². The zero-order valence-corrected chi connectivity index (χ0v) is 24.6. The van der Waals surface area contributed by atoms with Crippen LogP contribution in [0, 0.1) is 5.92 Å². The number of carbonyl (C=O) groups excluding carboxylic acids is 3. The van der Waals surface area contributed by atoms with Crippen LogP contribution in [0.15, 0.2) is 54.6 Å². The van der Waals surface area contributed by atoms with Crippen LogP contribution in [0.3, 0.4) is 0 Å². The van der Waals surface area contributed by atoms with E-state index in [-0.39, 0.29) is 68.5 Å². The molecule has 2 aliphatic heterocycles. The van der Waals surface area contributed by atoms with Gasteiger partial charge in [0.05, 0.1) is 19.7 Å². The van der Waals surface area contributed by atoms with Crippen LogP contribution < -0.4 is 15.4 Å². The maximum absolute atomic E-state index is 13.6. The number of amides is 4. The van der Waals surface area contributed by atoms with E-state index in [1.807, 2.05) is 42.5 Å². The summed E-state index contributed by atoms with van der Waals surface area (Å²) in [6.07, 6.45) is 1.57. The molecule has 0 bridgehead atoms. The minimum absolute atomic E-state index is 0. The number of piperidine rings is 1. The number of urea groups is 1. The fourth-order valence-electron chi connectivity index (χ4n) is 6.14. The average molecular weight is 605 g/mol. The van der Waals surface area contributed by atoms with E-state index in [1.54, 1.807) is 19.2 Å².